The highest BCUT2D eigenvalue weighted by Crippen LogP contribution is 2.42. The zero-order chi connectivity index (χ0) is 13.3. The van der Waals surface area contributed by atoms with Gasteiger partial charge < -0.3 is 5.11 Å². The van der Waals surface area contributed by atoms with Crippen LogP contribution in [0, 0.1) is 17.6 Å². The summed E-state index contributed by atoms with van der Waals surface area (Å²) >= 11 is 0. The van der Waals surface area contributed by atoms with E-state index in [0.717, 1.165) is 12.1 Å². The number of aliphatic hydroxyl groups is 1. The maximum Gasteiger partial charge on any atom is 0.248 e. The molecule has 1 aromatic rings. The highest BCUT2D eigenvalue weighted by atomic mass is 19.3. The van der Waals surface area contributed by atoms with E-state index in [0.29, 0.717) is 0 Å². The zero-order valence-corrected chi connectivity index (χ0v) is 9.67. The van der Waals surface area contributed by atoms with Crippen molar-refractivity contribution in [2.45, 2.75) is 37.7 Å². The smallest absolute Gasteiger partial charge is 0.248 e. The van der Waals surface area contributed by atoms with Crippen molar-refractivity contribution in [1.29, 1.82) is 0 Å². The SMILES string of the molecule is OC(CC1CCC(F)(F)C1)c1c(F)cccc1F. The monoisotopic (exact) mass is 262 g/mol. The summed E-state index contributed by atoms with van der Waals surface area (Å²) in [7, 11) is 0. The molecule has 18 heavy (non-hydrogen) atoms. The third-order valence-corrected chi connectivity index (χ3v) is 3.40. The fraction of sp³-hybridized carbons (Fsp3) is 0.538. The van der Waals surface area contributed by atoms with Gasteiger partial charge in [-0.2, -0.15) is 0 Å². The van der Waals surface area contributed by atoms with Crippen LogP contribution in [-0.4, -0.2) is 11.0 Å². The van der Waals surface area contributed by atoms with Crippen LogP contribution in [0.4, 0.5) is 17.6 Å². The van der Waals surface area contributed by atoms with Crippen molar-refractivity contribution in [2.24, 2.45) is 5.92 Å². The molecule has 1 aliphatic carbocycles. The van der Waals surface area contributed by atoms with Gasteiger partial charge in [0.25, 0.3) is 0 Å². The summed E-state index contributed by atoms with van der Waals surface area (Å²) in [6, 6.07) is 3.29. The van der Waals surface area contributed by atoms with E-state index in [4.69, 9.17) is 0 Å². The fourth-order valence-electron chi connectivity index (χ4n) is 2.51. The Bertz CT molecular complexity index is 413. The summed E-state index contributed by atoms with van der Waals surface area (Å²) in [6.45, 7) is 0. The summed E-state index contributed by atoms with van der Waals surface area (Å²) in [6.07, 6.45) is -1.66. The molecule has 2 rings (SSSR count). The van der Waals surface area contributed by atoms with Gasteiger partial charge in [-0.25, -0.2) is 17.6 Å². The van der Waals surface area contributed by atoms with Gasteiger partial charge in [0, 0.05) is 12.8 Å². The van der Waals surface area contributed by atoms with Gasteiger partial charge >= 0.3 is 0 Å². The molecule has 1 aliphatic rings. The average Bonchev–Trinajstić information content (AvgIpc) is 2.57. The first-order chi connectivity index (χ1) is 8.39. The van der Waals surface area contributed by atoms with Gasteiger partial charge in [-0.1, -0.05) is 6.07 Å². The lowest BCUT2D eigenvalue weighted by Crippen LogP contribution is -2.12. The van der Waals surface area contributed by atoms with Crippen LogP contribution in [-0.2, 0) is 0 Å². The van der Waals surface area contributed by atoms with Crippen LogP contribution < -0.4 is 0 Å². The molecule has 0 heterocycles. The third-order valence-electron chi connectivity index (χ3n) is 3.40. The number of aliphatic hydroxyl groups excluding tert-OH is 1. The average molecular weight is 262 g/mol. The Morgan fingerprint density at radius 2 is 1.89 bits per heavy atom. The van der Waals surface area contributed by atoms with Crippen LogP contribution in [0.25, 0.3) is 0 Å². The maximum absolute atomic E-state index is 13.4. The molecule has 0 spiro atoms. The van der Waals surface area contributed by atoms with Crippen molar-refractivity contribution in [3.63, 3.8) is 0 Å². The molecule has 0 saturated heterocycles. The Kier molecular flexibility index (Phi) is 3.61. The Balaban J connectivity index is 2.07. The van der Waals surface area contributed by atoms with Gasteiger partial charge in [-0.05, 0) is 30.9 Å². The van der Waals surface area contributed by atoms with E-state index in [9.17, 15) is 22.7 Å². The minimum Gasteiger partial charge on any atom is -0.388 e. The second-order valence-corrected chi connectivity index (χ2v) is 4.85. The van der Waals surface area contributed by atoms with Gasteiger partial charge in [-0.3, -0.25) is 0 Å². The summed E-state index contributed by atoms with van der Waals surface area (Å²) in [5.74, 6) is -4.79. The molecule has 1 fully saturated rings. The third kappa shape index (κ3) is 2.83. The Morgan fingerprint density at radius 1 is 1.28 bits per heavy atom. The van der Waals surface area contributed by atoms with E-state index in [1.807, 2.05) is 0 Å². The van der Waals surface area contributed by atoms with Crippen LogP contribution in [0.3, 0.4) is 0 Å². The molecule has 1 aromatic carbocycles. The van der Waals surface area contributed by atoms with E-state index in [-0.39, 0.29) is 25.7 Å². The van der Waals surface area contributed by atoms with Crippen LogP contribution in [0.2, 0.25) is 0 Å². The molecule has 0 radical (unpaired) electrons. The molecular weight excluding hydrogens is 248 g/mol. The molecule has 0 aliphatic heterocycles. The first-order valence-corrected chi connectivity index (χ1v) is 5.89. The highest BCUT2D eigenvalue weighted by Gasteiger charge is 2.40. The van der Waals surface area contributed by atoms with Gasteiger partial charge in [0.05, 0.1) is 11.7 Å². The van der Waals surface area contributed by atoms with E-state index >= 15 is 0 Å². The molecule has 0 aromatic heterocycles. The maximum atomic E-state index is 13.4. The molecule has 2 unspecified atom stereocenters. The highest BCUT2D eigenvalue weighted by molar-refractivity contribution is 5.22. The van der Waals surface area contributed by atoms with E-state index < -0.39 is 35.1 Å². The van der Waals surface area contributed by atoms with Crippen LogP contribution in [0.1, 0.15) is 37.4 Å². The summed E-state index contributed by atoms with van der Waals surface area (Å²) in [5.41, 5.74) is -0.423. The van der Waals surface area contributed by atoms with Crippen molar-refractivity contribution < 1.29 is 22.7 Å². The van der Waals surface area contributed by atoms with Crippen LogP contribution >= 0.6 is 0 Å². The second-order valence-electron chi connectivity index (χ2n) is 4.85. The Labute approximate surface area is 102 Å². The van der Waals surface area contributed by atoms with E-state index in [2.05, 4.69) is 0 Å². The topological polar surface area (TPSA) is 20.2 Å². The number of hydrogen-bond acceptors (Lipinski definition) is 1. The quantitative estimate of drug-likeness (QED) is 0.821. The standard InChI is InChI=1S/C13H14F4O/c14-9-2-1-3-10(15)12(9)11(18)6-8-4-5-13(16,17)7-8/h1-3,8,11,18H,4-7H2. The number of hydrogen-bond donors (Lipinski definition) is 1. The predicted molar refractivity (Wildman–Crippen MR) is 58.2 cm³/mol. The van der Waals surface area contributed by atoms with Crippen LogP contribution in [0.15, 0.2) is 18.2 Å². The van der Waals surface area contributed by atoms with Gasteiger partial charge in [0.2, 0.25) is 5.92 Å². The second kappa shape index (κ2) is 4.88. The molecule has 1 N–H and O–H groups in total. The molecule has 0 bridgehead atoms. The predicted octanol–water partition coefficient (Wildman–Crippen LogP) is 3.82. The van der Waals surface area contributed by atoms with Crippen LogP contribution in [0.5, 0.6) is 0 Å². The van der Waals surface area contributed by atoms with Gasteiger partial charge in [0.15, 0.2) is 0 Å². The molecule has 100 valence electrons. The summed E-state index contributed by atoms with van der Waals surface area (Å²) < 4.78 is 52.7. The van der Waals surface area contributed by atoms with Gasteiger partial charge in [-0.15, -0.1) is 0 Å². The van der Waals surface area contributed by atoms with E-state index in [1.165, 1.54) is 6.07 Å². The normalized spacial score (nSPS) is 24.2. The molecule has 5 heteroatoms. The first kappa shape index (κ1) is 13.3. The molecular formula is C13H14F4O. The Hall–Kier alpha value is -1.10. The summed E-state index contributed by atoms with van der Waals surface area (Å²) in [5, 5.41) is 9.79. The minimum atomic E-state index is -2.71. The first-order valence-electron chi connectivity index (χ1n) is 5.89. The molecule has 1 nitrogen and oxygen atoms in total. The zero-order valence-electron chi connectivity index (χ0n) is 9.67. The van der Waals surface area contributed by atoms with Crippen molar-refractivity contribution in [3.05, 3.63) is 35.4 Å². The molecule has 0 amide bonds. The summed E-state index contributed by atoms with van der Waals surface area (Å²) in [4.78, 5) is 0. The number of rotatable bonds is 3. The molecule has 1 saturated carbocycles. The number of halogens is 4. The van der Waals surface area contributed by atoms with Crippen molar-refractivity contribution in [3.8, 4) is 0 Å². The lowest BCUT2D eigenvalue weighted by atomic mass is 9.95. The van der Waals surface area contributed by atoms with Crippen molar-refractivity contribution >= 4 is 0 Å². The Morgan fingerprint density at radius 3 is 2.39 bits per heavy atom. The van der Waals surface area contributed by atoms with Crippen molar-refractivity contribution in [1.82, 2.24) is 0 Å². The molecule has 2 atom stereocenters. The number of benzene rings is 1. The number of alkyl halides is 2. The lowest BCUT2D eigenvalue weighted by Gasteiger charge is -2.17. The van der Waals surface area contributed by atoms with Crippen molar-refractivity contribution in [2.75, 3.05) is 0 Å². The largest absolute Gasteiger partial charge is 0.388 e. The fourth-order valence-corrected chi connectivity index (χ4v) is 2.51. The minimum absolute atomic E-state index is 0.0343. The van der Waals surface area contributed by atoms with E-state index in [1.54, 1.807) is 0 Å². The lowest BCUT2D eigenvalue weighted by molar-refractivity contribution is 0.00242. The van der Waals surface area contributed by atoms with Gasteiger partial charge in [0.1, 0.15) is 11.6 Å².